The highest BCUT2D eigenvalue weighted by molar-refractivity contribution is 7.94. The highest BCUT2D eigenvalue weighted by atomic mass is 35.5. The van der Waals surface area contributed by atoms with Crippen molar-refractivity contribution < 1.29 is 8.42 Å². The molecular weight excluding hydrogens is 304 g/mol. The van der Waals surface area contributed by atoms with E-state index >= 15 is 0 Å². The van der Waals surface area contributed by atoms with Crippen molar-refractivity contribution in [3.63, 3.8) is 0 Å². The van der Waals surface area contributed by atoms with Gasteiger partial charge >= 0.3 is 0 Å². The molecule has 0 fully saturated rings. The molecule has 0 bridgehead atoms. The van der Waals surface area contributed by atoms with E-state index in [0.29, 0.717) is 5.69 Å². The Kier molecular flexibility index (Phi) is 4.03. The number of nitrogen functional groups attached to an aromatic ring is 1. The fraction of sp³-hybridized carbons (Fsp3) is 0.167. The monoisotopic (exact) mass is 316 g/mol. The molecule has 0 radical (unpaired) electrons. The first-order chi connectivity index (χ1) is 8.94. The number of anilines is 2. The first-order valence-electron chi connectivity index (χ1n) is 5.59. The zero-order chi connectivity index (χ0) is 14.0. The number of benzene rings is 1. The van der Waals surface area contributed by atoms with Crippen molar-refractivity contribution in [2.75, 3.05) is 10.5 Å². The van der Waals surface area contributed by atoms with E-state index < -0.39 is 10.0 Å². The van der Waals surface area contributed by atoms with Gasteiger partial charge in [0.05, 0.1) is 16.4 Å². The number of aryl methyl sites for hydroxylation is 1. The van der Waals surface area contributed by atoms with Crippen LogP contribution in [0.25, 0.3) is 0 Å². The summed E-state index contributed by atoms with van der Waals surface area (Å²) in [6.07, 6.45) is 0.800. The van der Waals surface area contributed by atoms with Gasteiger partial charge < -0.3 is 5.73 Å². The number of hydrogen-bond donors (Lipinski definition) is 2. The Bertz CT molecular complexity index is 675. The van der Waals surface area contributed by atoms with Crippen LogP contribution in [0.2, 0.25) is 5.02 Å². The zero-order valence-electron chi connectivity index (χ0n) is 10.2. The van der Waals surface area contributed by atoms with Crippen LogP contribution in [0.15, 0.2) is 34.5 Å². The Morgan fingerprint density at radius 2 is 2.05 bits per heavy atom. The molecule has 0 atom stereocenters. The molecule has 102 valence electrons. The number of halogens is 1. The molecule has 2 aromatic rings. The minimum Gasteiger partial charge on any atom is -0.397 e. The highest BCUT2D eigenvalue weighted by Crippen LogP contribution is 2.31. The largest absolute Gasteiger partial charge is 0.397 e. The number of para-hydroxylation sites is 1. The fourth-order valence-electron chi connectivity index (χ4n) is 1.53. The molecule has 1 heterocycles. The molecule has 3 N–H and O–H groups in total. The topological polar surface area (TPSA) is 72.2 Å². The average Bonchev–Trinajstić information content (AvgIpc) is 2.83. The molecule has 19 heavy (non-hydrogen) atoms. The molecule has 0 aliphatic rings. The van der Waals surface area contributed by atoms with Crippen molar-refractivity contribution in [1.82, 2.24) is 0 Å². The predicted octanol–water partition coefficient (Wildman–Crippen LogP) is 3.35. The van der Waals surface area contributed by atoms with Crippen molar-refractivity contribution in [2.24, 2.45) is 0 Å². The van der Waals surface area contributed by atoms with Crippen LogP contribution >= 0.6 is 22.9 Å². The van der Waals surface area contributed by atoms with Crippen LogP contribution in [-0.4, -0.2) is 8.42 Å². The Morgan fingerprint density at radius 3 is 2.63 bits per heavy atom. The van der Waals surface area contributed by atoms with Gasteiger partial charge in [-0.2, -0.15) is 0 Å². The van der Waals surface area contributed by atoms with Crippen LogP contribution in [-0.2, 0) is 16.4 Å². The predicted molar refractivity (Wildman–Crippen MR) is 80.4 cm³/mol. The zero-order valence-corrected chi connectivity index (χ0v) is 12.6. The Labute approximate surface area is 121 Å². The van der Waals surface area contributed by atoms with Crippen LogP contribution in [0.5, 0.6) is 0 Å². The van der Waals surface area contributed by atoms with Gasteiger partial charge in [0.15, 0.2) is 0 Å². The third-order valence-electron chi connectivity index (χ3n) is 2.53. The molecule has 2 rings (SSSR count). The molecule has 0 saturated heterocycles. The molecule has 0 unspecified atom stereocenters. The summed E-state index contributed by atoms with van der Waals surface area (Å²) in [5.41, 5.74) is 6.24. The van der Waals surface area contributed by atoms with E-state index in [1.54, 1.807) is 30.3 Å². The molecule has 1 aromatic carbocycles. The maximum atomic E-state index is 12.2. The lowest BCUT2D eigenvalue weighted by Crippen LogP contribution is -2.13. The van der Waals surface area contributed by atoms with Crippen molar-refractivity contribution in [2.45, 2.75) is 17.6 Å². The van der Waals surface area contributed by atoms with Crippen LogP contribution in [0.1, 0.15) is 11.8 Å². The number of sulfonamides is 1. The molecule has 7 heteroatoms. The molecule has 4 nitrogen and oxygen atoms in total. The van der Waals surface area contributed by atoms with Crippen molar-refractivity contribution >= 4 is 44.3 Å². The lowest BCUT2D eigenvalue weighted by Gasteiger charge is -2.10. The normalized spacial score (nSPS) is 11.5. The second kappa shape index (κ2) is 5.40. The molecule has 0 aliphatic heterocycles. The summed E-state index contributed by atoms with van der Waals surface area (Å²) in [5, 5.41) is 0.274. The van der Waals surface area contributed by atoms with Crippen molar-refractivity contribution in [1.29, 1.82) is 0 Å². The second-order valence-corrected chi connectivity index (χ2v) is 7.37. The summed E-state index contributed by atoms with van der Waals surface area (Å²) in [5.74, 6) is 0. The van der Waals surface area contributed by atoms with Gasteiger partial charge in [-0.25, -0.2) is 8.42 Å². The van der Waals surface area contributed by atoms with E-state index in [0.717, 1.165) is 11.3 Å². The van der Waals surface area contributed by atoms with E-state index in [1.807, 2.05) is 6.92 Å². The van der Waals surface area contributed by atoms with E-state index in [-0.39, 0.29) is 14.9 Å². The molecule has 0 amide bonds. The quantitative estimate of drug-likeness (QED) is 0.850. The van der Waals surface area contributed by atoms with Gasteiger partial charge in [0.25, 0.3) is 10.0 Å². The lowest BCUT2D eigenvalue weighted by atomic mass is 10.3. The molecule has 1 aromatic heterocycles. The summed E-state index contributed by atoms with van der Waals surface area (Å²) in [4.78, 5) is 1.01. The first-order valence-corrected chi connectivity index (χ1v) is 8.27. The number of hydrogen-bond acceptors (Lipinski definition) is 4. The Morgan fingerprint density at radius 1 is 1.32 bits per heavy atom. The first kappa shape index (κ1) is 14.2. The van der Waals surface area contributed by atoms with E-state index in [1.165, 1.54) is 11.3 Å². The Hall–Kier alpha value is -1.24. The second-order valence-electron chi connectivity index (χ2n) is 3.88. The van der Waals surface area contributed by atoms with Gasteiger partial charge in [0, 0.05) is 4.88 Å². The summed E-state index contributed by atoms with van der Waals surface area (Å²) in [7, 11) is -3.64. The van der Waals surface area contributed by atoms with Gasteiger partial charge in [-0.15, -0.1) is 11.3 Å². The third-order valence-corrected chi connectivity index (χ3v) is 5.92. The number of nitrogens with one attached hydrogen (secondary N) is 1. The molecular formula is C12H13ClN2O2S2. The minimum atomic E-state index is -3.64. The summed E-state index contributed by atoms with van der Waals surface area (Å²) in [6.45, 7) is 1.97. The maximum absolute atomic E-state index is 12.2. The van der Waals surface area contributed by atoms with Crippen LogP contribution in [0.3, 0.4) is 0 Å². The highest BCUT2D eigenvalue weighted by Gasteiger charge is 2.19. The SMILES string of the molecule is CCc1ccc(S(=O)(=O)Nc2c(N)cccc2Cl)s1. The maximum Gasteiger partial charge on any atom is 0.271 e. The van der Waals surface area contributed by atoms with Gasteiger partial charge in [-0.3, -0.25) is 4.72 Å². The number of nitrogens with two attached hydrogens (primary N) is 1. The lowest BCUT2D eigenvalue weighted by molar-refractivity contribution is 0.603. The average molecular weight is 317 g/mol. The van der Waals surface area contributed by atoms with Gasteiger partial charge in [0.2, 0.25) is 0 Å². The van der Waals surface area contributed by atoms with Crippen LogP contribution in [0, 0.1) is 0 Å². The van der Waals surface area contributed by atoms with Crippen LogP contribution in [0.4, 0.5) is 11.4 Å². The number of rotatable bonds is 4. The van der Waals surface area contributed by atoms with E-state index in [2.05, 4.69) is 4.72 Å². The summed E-state index contributed by atoms with van der Waals surface area (Å²) in [6, 6.07) is 8.22. The standard InChI is InChI=1S/C12H13ClN2O2S2/c1-2-8-6-7-11(18-8)19(16,17)15-12-9(13)4-3-5-10(12)14/h3-7,15H,2,14H2,1H3. The van der Waals surface area contributed by atoms with E-state index in [4.69, 9.17) is 17.3 Å². The van der Waals surface area contributed by atoms with Gasteiger partial charge in [0.1, 0.15) is 4.21 Å². The number of thiophene rings is 1. The smallest absolute Gasteiger partial charge is 0.271 e. The van der Waals surface area contributed by atoms with Crippen LogP contribution < -0.4 is 10.5 Å². The molecule has 0 spiro atoms. The summed E-state index contributed by atoms with van der Waals surface area (Å²) < 4.78 is 27.1. The minimum absolute atomic E-state index is 0.218. The van der Waals surface area contributed by atoms with Crippen molar-refractivity contribution in [3.8, 4) is 0 Å². The van der Waals surface area contributed by atoms with E-state index in [9.17, 15) is 8.42 Å². The summed E-state index contributed by atoms with van der Waals surface area (Å²) >= 11 is 7.19. The fourth-order valence-corrected chi connectivity index (χ4v) is 4.22. The molecule has 0 aliphatic carbocycles. The van der Waals surface area contributed by atoms with Gasteiger partial charge in [-0.1, -0.05) is 24.6 Å². The Balaban J connectivity index is 2.36. The molecule has 0 saturated carbocycles. The third kappa shape index (κ3) is 3.02. The van der Waals surface area contributed by atoms with Gasteiger partial charge in [-0.05, 0) is 30.7 Å². The van der Waals surface area contributed by atoms with Crippen molar-refractivity contribution in [3.05, 3.63) is 40.2 Å².